The molecule has 11 heavy (non-hydrogen) atoms. The topological polar surface area (TPSA) is 43.1 Å². The second-order valence-electron chi connectivity index (χ2n) is 1.88. The van der Waals surface area contributed by atoms with Gasteiger partial charge in [0.25, 0.3) is 0 Å². The van der Waals surface area contributed by atoms with Crippen molar-refractivity contribution in [1.82, 2.24) is 0 Å². The third-order valence-electron chi connectivity index (χ3n) is 1.08. The number of carbonyl (C=O) groups is 1. The van der Waals surface area contributed by atoms with Crippen LogP contribution in [0.3, 0.4) is 0 Å². The molecule has 0 fully saturated rings. The highest BCUT2D eigenvalue weighted by Crippen LogP contribution is 1.99. The van der Waals surface area contributed by atoms with E-state index in [9.17, 15) is 4.79 Å². The van der Waals surface area contributed by atoms with Crippen molar-refractivity contribution < 1.29 is 4.79 Å². The molecule has 2 heteroatoms. The monoisotopic (exact) mass is 147 g/mol. The van der Waals surface area contributed by atoms with Gasteiger partial charge in [-0.2, -0.15) is 0 Å². The van der Waals surface area contributed by atoms with Gasteiger partial charge in [0.15, 0.2) is 0 Å². The minimum absolute atomic E-state index is 0.247. The summed E-state index contributed by atoms with van der Waals surface area (Å²) in [5.41, 5.74) is 5.40. The number of carbonyl (C=O) groups excluding carboxylic acids is 1. The van der Waals surface area contributed by atoms with E-state index in [0.29, 0.717) is 12.0 Å². The second kappa shape index (κ2) is 5.14. The van der Waals surface area contributed by atoms with Gasteiger partial charge in [-0.15, -0.1) is 24.7 Å². The SMILES string of the molecule is C#CCC=C(CC#C)C(N)=O. The Labute approximate surface area is 66.5 Å². The number of rotatable bonds is 3. The van der Waals surface area contributed by atoms with Crippen LogP contribution in [0, 0.1) is 24.7 Å². The molecule has 2 nitrogen and oxygen atoms in total. The van der Waals surface area contributed by atoms with Crippen molar-refractivity contribution in [2.75, 3.05) is 0 Å². The minimum atomic E-state index is -0.502. The van der Waals surface area contributed by atoms with Gasteiger partial charge in [-0.3, -0.25) is 4.79 Å². The van der Waals surface area contributed by atoms with Crippen LogP contribution in [0.2, 0.25) is 0 Å². The summed E-state index contributed by atoms with van der Waals surface area (Å²) in [4.78, 5) is 10.6. The maximum absolute atomic E-state index is 10.6. The van der Waals surface area contributed by atoms with Crippen molar-refractivity contribution in [3.8, 4) is 24.7 Å². The predicted octanol–water partition coefficient (Wildman–Crippen LogP) is 0.445. The highest BCUT2D eigenvalue weighted by Gasteiger charge is 2.00. The molecule has 0 aliphatic rings. The Kier molecular flexibility index (Phi) is 4.36. The summed E-state index contributed by atoms with van der Waals surface area (Å²) in [5.74, 6) is 4.18. The standard InChI is InChI=1S/C9H9NO/c1-3-5-7-8(6-4-2)9(10)11/h1-2,7H,5-6H2,(H2,10,11). The Morgan fingerprint density at radius 2 is 2.09 bits per heavy atom. The fourth-order valence-electron chi connectivity index (χ4n) is 0.552. The zero-order valence-corrected chi connectivity index (χ0v) is 6.13. The van der Waals surface area contributed by atoms with Crippen molar-refractivity contribution in [2.45, 2.75) is 12.8 Å². The average molecular weight is 147 g/mol. The summed E-state index contributed by atoms with van der Waals surface area (Å²) < 4.78 is 0. The van der Waals surface area contributed by atoms with Gasteiger partial charge >= 0.3 is 0 Å². The number of amides is 1. The molecule has 0 aliphatic carbocycles. The molecule has 0 heterocycles. The Balaban J connectivity index is 4.25. The number of allylic oxidation sites excluding steroid dienone is 1. The van der Waals surface area contributed by atoms with Crippen LogP contribution in [0.1, 0.15) is 12.8 Å². The lowest BCUT2D eigenvalue weighted by Crippen LogP contribution is -2.13. The summed E-state index contributed by atoms with van der Waals surface area (Å²) in [5, 5.41) is 0. The van der Waals surface area contributed by atoms with E-state index in [0.717, 1.165) is 0 Å². The Bertz CT molecular complexity index is 250. The highest BCUT2D eigenvalue weighted by atomic mass is 16.1. The molecule has 0 saturated heterocycles. The Hall–Kier alpha value is -1.67. The van der Waals surface area contributed by atoms with Crippen molar-refractivity contribution in [3.05, 3.63) is 11.6 Å². The third kappa shape index (κ3) is 3.83. The summed E-state index contributed by atoms with van der Waals surface area (Å²) in [6.45, 7) is 0. The molecule has 0 aromatic heterocycles. The van der Waals surface area contributed by atoms with Crippen LogP contribution in [0.15, 0.2) is 11.6 Å². The maximum atomic E-state index is 10.6. The van der Waals surface area contributed by atoms with Crippen molar-refractivity contribution in [1.29, 1.82) is 0 Å². The number of nitrogens with two attached hydrogens (primary N) is 1. The predicted molar refractivity (Wildman–Crippen MR) is 44.2 cm³/mol. The van der Waals surface area contributed by atoms with Gasteiger partial charge in [-0.25, -0.2) is 0 Å². The van der Waals surface area contributed by atoms with Crippen molar-refractivity contribution >= 4 is 5.91 Å². The van der Waals surface area contributed by atoms with Gasteiger partial charge in [0.05, 0.1) is 0 Å². The molecule has 56 valence electrons. The van der Waals surface area contributed by atoms with Gasteiger partial charge < -0.3 is 5.73 Å². The fraction of sp³-hybridized carbons (Fsp3) is 0.222. The second-order valence-corrected chi connectivity index (χ2v) is 1.88. The molecule has 0 rings (SSSR count). The van der Waals surface area contributed by atoms with E-state index < -0.39 is 5.91 Å². The largest absolute Gasteiger partial charge is 0.366 e. The molecule has 1 amide bonds. The molecule has 2 N–H and O–H groups in total. The zero-order valence-electron chi connectivity index (χ0n) is 6.13. The van der Waals surface area contributed by atoms with E-state index in [-0.39, 0.29) is 6.42 Å². The first-order valence-corrected chi connectivity index (χ1v) is 3.08. The van der Waals surface area contributed by atoms with E-state index in [1.807, 2.05) is 0 Å². The van der Waals surface area contributed by atoms with Gasteiger partial charge in [-0.1, -0.05) is 6.08 Å². The molecule has 0 atom stereocenters. The van der Waals surface area contributed by atoms with Crippen LogP contribution in [-0.4, -0.2) is 5.91 Å². The fourth-order valence-corrected chi connectivity index (χ4v) is 0.552. The highest BCUT2D eigenvalue weighted by molar-refractivity contribution is 5.92. The first-order chi connectivity index (χ1) is 5.22. The van der Waals surface area contributed by atoms with Crippen LogP contribution in [0.25, 0.3) is 0 Å². The molecule has 0 spiro atoms. The van der Waals surface area contributed by atoms with Crippen LogP contribution < -0.4 is 5.73 Å². The van der Waals surface area contributed by atoms with Crippen molar-refractivity contribution in [2.24, 2.45) is 5.73 Å². The van der Waals surface area contributed by atoms with E-state index in [2.05, 4.69) is 11.8 Å². The van der Waals surface area contributed by atoms with Gasteiger partial charge in [0, 0.05) is 18.4 Å². The smallest absolute Gasteiger partial charge is 0.245 e. The van der Waals surface area contributed by atoms with Crippen LogP contribution in [0.5, 0.6) is 0 Å². The number of hydrogen-bond donors (Lipinski definition) is 1. The molecular formula is C9H9NO. The molecule has 0 unspecified atom stereocenters. The van der Waals surface area contributed by atoms with E-state index >= 15 is 0 Å². The Morgan fingerprint density at radius 3 is 2.45 bits per heavy atom. The molecule has 0 aliphatic heterocycles. The molecular weight excluding hydrogens is 138 g/mol. The summed E-state index contributed by atoms with van der Waals surface area (Å²) in [6.07, 6.45) is 12.2. The van der Waals surface area contributed by atoms with Gasteiger partial charge in [0.1, 0.15) is 0 Å². The molecule has 0 bridgehead atoms. The maximum Gasteiger partial charge on any atom is 0.245 e. The van der Waals surface area contributed by atoms with Gasteiger partial charge in [-0.05, 0) is 0 Å². The average Bonchev–Trinajstić information content (AvgIpc) is 1.97. The normalized spacial score (nSPS) is 9.82. The lowest BCUT2D eigenvalue weighted by molar-refractivity contribution is -0.114. The van der Waals surface area contributed by atoms with Crippen LogP contribution >= 0.6 is 0 Å². The van der Waals surface area contributed by atoms with Crippen LogP contribution in [0.4, 0.5) is 0 Å². The lowest BCUT2D eigenvalue weighted by Gasteiger charge is -1.94. The molecule has 0 aromatic carbocycles. The van der Waals surface area contributed by atoms with Crippen LogP contribution in [-0.2, 0) is 4.79 Å². The number of terminal acetylenes is 2. The first-order valence-electron chi connectivity index (χ1n) is 3.08. The van der Waals surface area contributed by atoms with Gasteiger partial charge in [0.2, 0.25) is 5.91 Å². The molecule has 0 radical (unpaired) electrons. The summed E-state index contributed by atoms with van der Waals surface area (Å²) in [6, 6.07) is 0. The van der Waals surface area contributed by atoms with E-state index in [1.165, 1.54) is 0 Å². The summed E-state index contributed by atoms with van der Waals surface area (Å²) >= 11 is 0. The Morgan fingerprint density at radius 1 is 1.45 bits per heavy atom. The molecule has 0 aromatic rings. The molecule has 0 saturated carbocycles. The minimum Gasteiger partial charge on any atom is -0.366 e. The third-order valence-corrected chi connectivity index (χ3v) is 1.08. The quantitative estimate of drug-likeness (QED) is 0.457. The first kappa shape index (κ1) is 9.33. The number of hydrogen-bond acceptors (Lipinski definition) is 1. The van der Waals surface area contributed by atoms with E-state index in [1.54, 1.807) is 6.08 Å². The number of primary amides is 1. The zero-order chi connectivity index (χ0) is 8.69. The van der Waals surface area contributed by atoms with Crippen molar-refractivity contribution in [3.63, 3.8) is 0 Å². The van der Waals surface area contributed by atoms with E-state index in [4.69, 9.17) is 18.6 Å². The lowest BCUT2D eigenvalue weighted by atomic mass is 10.1. The summed E-state index contributed by atoms with van der Waals surface area (Å²) in [7, 11) is 0.